The molecule has 234 valence electrons. The quantitative estimate of drug-likeness (QED) is 0.0494. The smallest absolute Gasteiger partial charge is 0.264 e. The zero-order chi connectivity index (χ0) is 28.7. The SMILES string of the molecule is CCCCCCCCCCCCCCCCCCCC/C=C/C(CCCCCCCCCC)COS(=O)(=O)O. The van der Waals surface area contributed by atoms with Crippen LogP contribution < -0.4 is 0 Å². The van der Waals surface area contributed by atoms with Crippen molar-refractivity contribution in [2.24, 2.45) is 5.92 Å². The number of unbranched alkanes of at least 4 members (excludes halogenated alkanes) is 25. The molecule has 0 aromatic heterocycles. The van der Waals surface area contributed by atoms with Crippen molar-refractivity contribution < 1.29 is 17.2 Å². The number of allylic oxidation sites excluding steroid dienone is 1. The highest BCUT2D eigenvalue weighted by Crippen LogP contribution is 2.17. The van der Waals surface area contributed by atoms with Gasteiger partial charge >= 0.3 is 10.4 Å². The lowest BCUT2D eigenvalue weighted by atomic mass is 9.99. The molecule has 1 atom stereocenters. The lowest BCUT2D eigenvalue weighted by molar-refractivity contribution is 0.234. The molecule has 0 rings (SSSR count). The molecule has 4 nitrogen and oxygen atoms in total. The predicted molar refractivity (Wildman–Crippen MR) is 171 cm³/mol. The van der Waals surface area contributed by atoms with Crippen LogP contribution in [0.5, 0.6) is 0 Å². The molecular formula is C34H68O4S. The second-order valence-electron chi connectivity index (χ2n) is 12.0. The molecule has 0 saturated carbocycles. The van der Waals surface area contributed by atoms with E-state index in [0.29, 0.717) is 0 Å². The fraction of sp³-hybridized carbons (Fsp3) is 0.941. The average Bonchev–Trinajstić information content (AvgIpc) is 2.91. The molecule has 0 aliphatic carbocycles. The summed E-state index contributed by atoms with van der Waals surface area (Å²) >= 11 is 0. The summed E-state index contributed by atoms with van der Waals surface area (Å²) in [4.78, 5) is 0. The zero-order valence-electron chi connectivity index (χ0n) is 26.3. The summed E-state index contributed by atoms with van der Waals surface area (Å²) in [6.45, 7) is 4.57. The maximum absolute atomic E-state index is 11.0. The van der Waals surface area contributed by atoms with Crippen LogP contribution in [-0.4, -0.2) is 19.6 Å². The van der Waals surface area contributed by atoms with Gasteiger partial charge in [-0.15, -0.1) is 0 Å². The molecule has 1 unspecified atom stereocenters. The van der Waals surface area contributed by atoms with Crippen LogP contribution in [0.1, 0.15) is 194 Å². The van der Waals surface area contributed by atoms with Gasteiger partial charge in [-0.25, -0.2) is 4.18 Å². The van der Waals surface area contributed by atoms with E-state index in [1.807, 2.05) is 0 Å². The monoisotopic (exact) mass is 572 g/mol. The molecule has 0 radical (unpaired) electrons. The Morgan fingerprint density at radius 1 is 0.538 bits per heavy atom. The Kier molecular flexibility index (Phi) is 30.3. The third-order valence-electron chi connectivity index (χ3n) is 7.99. The van der Waals surface area contributed by atoms with E-state index in [0.717, 1.165) is 19.3 Å². The van der Waals surface area contributed by atoms with Crippen LogP contribution >= 0.6 is 0 Å². The van der Waals surface area contributed by atoms with Crippen molar-refractivity contribution in [1.29, 1.82) is 0 Å². The van der Waals surface area contributed by atoms with Crippen LogP contribution in [0.25, 0.3) is 0 Å². The summed E-state index contributed by atoms with van der Waals surface area (Å²) in [7, 11) is -4.37. The van der Waals surface area contributed by atoms with E-state index in [4.69, 9.17) is 4.55 Å². The van der Waals surface area contributed by atoms with Gasteiger partial charge in [-0.3, -0.25) is 4.55 Å². The Morgan fingerprint density at radius 3 is 1.23 bits per heavy atom. The average molecular weight is 573 g/mol. The zero-order valence-corrected chi connectivity index (χ0v) is 27.1. The maximum atomic E-state index is 11.0. The Labute approximate surface area is 245 Å². The van der Waals surface area contributed by atoms with Crippen LogP contribution in [0.4, 0.5) is 0 Å². The van der Waals surface area contributed by atoms with Gasteiger partial charge in [-0.1, -0.05) is 187 Å². The normalized spacial score (nSPS) is 13.0. The van der Waals surface area contributed by atoms with Crippen molar-refractivity contribution in [2.45, 2.75) is 194 Å². The minimum absolute atomic E-state index is 0.0466. The Bertz CT molecular complexity index is 602. The minimum Gasteiger partial charge on any atom is -0.264 e. The van der Waals surface area contributed by atoms with E-state index in [-0.39, 0.29) is 12.5 Å². The third-order valence-corrected chi connectivity index (χ3v) is 8.43. The molecule has 0 fully saturated rings. The Morgan fingerprint density at radius 2 is 0.872 bits per heavy atom. The van der Waals surface area contributed by atoms with Gasteiger partial charge in [0.05, 0.1) is 6.61 Å². The van der Waals surface area contributed by atoms with Crippen molar-refractivity contribution in [1.82, 2.24) is 0 Å². The topological polar surface area (TPSA) is 63.6 Å². The Hall–Kier alpha value is -0.390. The van der Waals surface area contributed by atoms with Gasteiger partial charge in [-0.2, -0.15) is 8.42 Å². The highest BCUT2D eigenvalue weighted by Gasteiger charge is 2.11. The van der Waals surface area contributed by atoms with E-state index in [2.05, 4.69) is 30.2 Å². The van der Waals surface area contributed by atoms with Gasteiger partial charge in [0, 0.05) is 5.92 Å². The van der Waals surface area contributed by atoms with E-state index in [1.54, 1.807) is 0 Å². The molecule has 5 heteroatoms. The van der Waals surface area contributed by atoms with Crippen LogP contribution in [0.3, 0.4) is 0 Å². The second-order valence-corrected chi connectivity index (χ2v) is 13.1. The van der Waals surface area contributed by atoms with Crippen molar-refractivity contribution in [2.75, 3.05) is 6.61 Å². The van der Waals surface area contributed by atoms with Crippen LogP contribution in [-0.2, 0) is 14.6 Å². The lowest BCUT2D eigenvalue weighted by Gasteiger charge is -2.12. The molecule has 39 heavy (non-hydrogen) atoms. The number of hydrogen-bond donors (Lipinski definition) is 1. The molecule has 0 spiro atoms. The maximum Gasteiger partial charge on any atom is 0.397 e. The van der Waals surface area contributed by atoms with Crippen LogP contribution in [0, 0.1) is 5.92 Å². The molecule has 0 aromatic carbocycles. The number of hydrogen-bond acceptors (Lipinski definition) is 3. The molecule has 0 heterocycles. The van der Waals surface area contributed by atoms with Gasteiger partial charge < -0.3 is 0 Å². The van der Waals surface area contributed by atoms with Crippen molar-refractivity contribution in [3.63, 3.8) is 0 Å². The van der Waals surface area contributed by atoms with E-state index < -0.39 is 10.4 Å². The minimum atomic E-state index is -4.37. The molecular weight excluding hydrogens is 504 g/mol. The first-order valence-electron chi connectivity index (χ1n) is 17.3. The molecule has 0 saturated heterocycles. The first-order valence-corrected chi connectivity index (χ1v) is 18.6. The highest BCUT2D eigenvalue weighted by atomic mass is 32.3. The van der Waals surface area contributed by atoms with E-state index in [9.17, 15) is 8.42 Å². The first kappa shape index (κ1) is 38.6. The summed E-state index contributed by atoms with van der Waals surface area (Å²) in [6, 6.07) is 0. The highest BCUT2D eigenvalue weighted by molar-refractivity contribution is 7.80. The summed E-state index contributed by atoms with van der Waals surface area (Å²) < 4.78 is 35.6. The first-order chi connectivity index (χ1) is 19.0. The fourth-order valence-corrected chi connectivity index (χ4v) is 5.75. The van der Waals surface area contributed by atoms with Gasteiger partial charge in [0.2, 0.25) is 0 Å². The molecule has 0 bridgehead atoms. The standard InChI is InChI=1S/C34H68O4S/c1-3-5-7-9-11-13-14-15-16-17-18-19-20-21-22-23-24-26-28-30-32-34(33-38-39(35,36)37)31-29-27-25-12-10-8-6-4-2/h30,32,34H,3-29,31,33H2,1-2H3,(H,35,36,37)/b32-30+. The predicted octanol–water partition coefficient (Wildman–Crippen LogP) is 11.9. The number of rotatable bonds is 32. The van der Waals surface area contributed by atoms with Gasteiger partial charge in [0.25, 0.3) is 0 Å². The summed E-state index contributed by atoms with van der Waals surface area (Å²) in [5, 5.41) is 0. The summed E-state index contributed by atoms with van der Waals surface area (Å²) in [6.07, 6.45) is 41.3. The van der Waals surface area contributed by atoms with Crippen LogP contribution in [0.15, 0.2) is 12.2 Å². The molecule has 0 aliphatic heterocycles. The summed E-state index contributed by atoms with van der Waals surface area (Å²) in [5.41, 5.74) is 0. The van der Waals surface area contributed by atoms with Crippen molar-refractivity contribution >= 4 is 10.4 Å². The van der Waals surface area contributed by atoms with Crippen molar-refractivity contribution in [3.8, 4) is 0 Å². The molecule has 0 aromatic rings. The third kappa shape index (κ3) is 33.7. The largest absolute Gasteiger partial charge is 0.397 e. The van der Waals surface area contributed by atoms with Crippen LogP contribution in [0.2, 0.25) is 0 Å². The van der Waals surface area contributed by atoms with E-state index >= 15 is 0 Å². The second kappa shape index (κ2) is 30.6. The van der Waals surface area contributed by atoms with Crippen molar-refractivity contribution in [3.05, 3.63) is 12.2 Å². The summed E-state index contributed by atoms with van der Waals surface area (Å²) in [5.74, 6) is 0.0579. The van der Waals surface area contributed by atoms with Gasteiger partial charge in [0.15, 0.2) is 0 Å². The molecule has 0 amide bonds. The Balaban J connectivity index is 3.65. The van der Waals surface area contributed by atoms with Gasteiger partial charge in [-0.05, 0) is 19.3 Å². The van der Waals surface area contributed by atoms with E-state index in [1.165, 1.54) is 161 Å². The molecule has 0 aliphatic rings. The lowest BCUT2D eigenvalue weighted by Crippen LogP contribution is -2.12. The fourth-order valence-electron chi connectivity index (χ4n) is 5.40. The van der Waals surface area contributed by atoms with Gasteiger partial charge in [0.1, 0.15) is 0 Å². The molecule has 1 N–H and O–H groups in total.